The maximum atomic E-state index is 12.6. The lowest BCUT2D eigenvalue weighted by Crippen LogP contribution is -2.40. The largest absolute Gasteiger partial charge is 0.332 e. The first-order valence-electron chi connectivity index (χ1n) is 7.04. The van der Waals surface area contributed by atoms with Crippen molar-refractivity contribution in [2.45, 2.75) is 33.9 Å². The summed E-state index contributed by atoms with van der Waals surface area (Å²) in [6.07, 6.45) is 1.82. The lowest BCUT2D eigenvalue weighted by Gasteiger charge is -2.05. The van der Waals surface area contributed by atoms with Crippen LogP contribution in [-0.2, 0) is 24.9 Å². The van der Waals surface area contributed by atoms with Crippen molar-refractivity contribution < 1.29 is 4.79 Å². The van der Waals surface area contributed by atoms with Gasteiger partial charge in [0.25, 0.3) is 5.56 Å². The molecular weight excluding hydrogens is 286 g/mol. The van der Waals surface area contributed by atoms with E-state index < -0.39 is 11.2 Å². The molecule has 3 aromatic heterocycles. The average molecular weight is 303 g/mol. The van der Waals surface area contributed by atoms with Crippen LogP contribution in [0.15, 0.2) is 15.8 Å². The van der Waals surface area contributed by atoms with Crippen LogP contribution >= 0.6 is 0 Å². The fraction of sp³-hybridized carbons (Fsp3) is 0.429. The molecule has 3 rings (SSSR count). The molecule has 22 heavy (non-hydrogen) atoms. The van der Waals surface area contributed by atoms with Crippen LogP contribution in [0.25, 0.3) is 16.9 Å². The number of ketones is 1. The minimum absolute atomic E-state index is 0.234. The molecule has 0 saturated heterocycles. The Hall–Kier alpha value is -2.64. The van der Waals surface area contributed by atoms with Crippen molar-refractivity contribution in [3.05, 3.63) is 32.7 Å². The zero-order valence-electron chi connectivity index (χ0n) is 13.0. The quantitative estimate of drug-likeness (QED) is 0.685. The molecule has 0 spiro atoms. The van der Waals surface area contributed by atoms with Crippen molar-refractivity contribution in [1.29, 1.82) is 0 Å². The van der Waals surface area contributed by atoms with Gasteiger partial charge >= 0.3 is 5.69 Å². The Morgan fingerprint density at radius 3 is 2.55 bits per heavy atom. The Labute approximate surface area is 125 Å². The molecule has 0 amide bonds. The van der Waals surface area contributed by atoms with E-state index in [9.17, 15) is 14.4 Å². The summed E-state index contributed by atoms with van der Waals surface area (Å²) >= 11 is 0. The standard InChI is InChI=1S/C14H17N5O3/c1-5-17-8(2)6-18-10-11(15-13(17)18)16(4)14(22)19(12(10)21)7-9(3)20/h6H,5,7H2,1-4H3. The van der Waals surface area contributed by atoms with Crippen molar-refractivity contribution in [3.8, 4) is 0 Å². The highest BCUT2D eigenvalue weighted by Gasteiger charge is 2.20. The summed E-state index contributed by atoms with van der Waals surface area (Å²) in [6, 6.07) is 0. The van der Waals surface area contributed by atoms with Gasteiger partial charge in [-0.3, -0.25) is 23.1 Å². The van der Waals surface area contributed by atoms with E-state index in [-0.39, 0.29) is 12.3 Å². The number of rotatable bonds is 3. The molecule has 0 aliphatic rings. The third kappa shape index (κ3) is 1.76. The normalized spacial score (nSPS) is 11.6. The van der Waals surface area contributed by atoms with Crippen LogP contribution in [0.5, 0.6) is 0 Å². The van der Waals surface area contributed by atoms with E-state index in [0.717, 1.165) is 10.3 Å². The van der Waals surface area contributed by atoms with E-state index in [2.05, 4.69) is 4.98 Å². The van der Waals surface area contributed by atoms with Crippen molar-refractivity contribution in [2.24, 2.45) is 7.05 Å². The monoisotopic (exact) mass is 303 g/mol. The van der Waals surface area contributed by atoms with Gasteiger partial charge in [0.15, 0.2) is 11.2 Å². The van der Waals surface area contributed by atoms with Gasteiger partial charge in [-0.2, -0.15) is 4.98 Å². The summed E-state index contributed by atoms with van der Waals surface area (Å²) in [4.78, 5) is 40.7. The molecule has 0 bridgehead atoms. The van der Waals surface area contributed by atoms with E-state index in [1.807, 2.05) is 24.6 Å². The second kappa shape index (κ2) is 4.69. The Morgan fingerprint density at radius 1 is 1.27 bits per heavy atom. The number of Topliss-reactive ketones (excluding diaryl/α,β-unsaturated/α-hetero) is 1. The van der Waals surface area contributed by atoms with Gasteiger partial charge in [0.1, 0.15) is 5.78 Å². The molecule has 3 heterocycles. The van der Waals surface area contributed by atoms with Gasteiger partial charge in [0.2, 0.25) is 5.78 Å². The number of imidazole rings is 2. The van der Waals surface area contributed by atoms with Crippen LogP contribution in [0.2, 0.25) is 0 Å². The van der Waals surface area contributed by atoms with Crippen LogP contribution in [0.3, 0.4) is 0 Å². The summed E-state index contributed by atoms with van der Waals surface area (Å²) < 4.78 is 5.91. The molecule has 0 saturated carbocycles. The van der Waals surface area contributed by atoms with Crippen molar-refractivity contribution in [1.82, 2.24) is 23.1 Å². The van der Waals surface area contributed by atoms with Gasteiger partial charge in [-0.25, -0.2) is 4.79 Å². The van der Waals surface area contributed by atoms with Crippen LogP contribution in [-0.4, -0.2) is 28.9 Å². The molecule has 0 radical (unpaired) electrons. The first-order valence-corrected chi connectivity index (χ1v) is 7.04. The zero-order valence-corrected chi connectivity index (χ0v) is 13.0. The maximum Gasteiger partial charge on any atom is 0.332 e. The Balaban J connectivity index is 2.53. The maximum absolute atomic E-state index is 12.6. The predicted octanol–water partition coefficient (Wildman–Crippen LogP) is 0.0667. The van der Waals surface area contributed by atoms with E-state index >= 15 is 0 Å². The van der Waals surface area contributed by atoms with Crippen molar-refractivity contribution in [2.75, 3.05) is 0 Å². The average Bonchev–Trinajstić information content (AvgIpc) is 2.95. The summed E-state index contributed by atoms with van der Waals surface area (Å²) in [7, 11) is 1.55. The number of aromatic nitrogens is 5. The molecule has 8 heteroatoms. The van der Waals surface area contributed by atoms with E-state index in [4.69, 9.17) is 0 Å². The fourth-order valence-electron chi connectivity index (χ4n) is 2.81. The Morgan fingerprint density at radius 2 is 1.95 bits per heavy atom. The number of hydrogen-bond acceptors (Lipinski definition) is 4. The Bertz CT molecular complexity index is 1030. The van der Waals surface area contributed by atoms with E-state index in [1.165, 1.54) is 11.5 Å². The van der Waals surface area contributed by atoms with Crippen LogP contribution in [0.1, 0.15) is 19.5 Å². The highest BCUT2D eigenvalue weighted by molar-refractivity contribution is 5.77. The number of nitrogens with zero attached hydrogens (tertiary/aromatic N) is 5. The molecular formula is C14H17N5O3. The van der Waals surface area contributed by atoms with Crippen LogP contribution in [0.4, 0.5) is 0 Å². The molecule has 116 valence electrons. The topological polar surface area (TPSA) is 83.3 Å². The lowest BCUT2D eigenvalue weighted by atomic mass is 10.4. The minimum atomic E-state index is -0.534. The highest BCUT2D eigenvalue weighted by atomic mass is 16.2. The van der Waals surface area contributed by atoms with Gasteiger partial charge in [0, 0.05) is 25.5 Å². The predicted molar refractivity (Wildman–Crippen MR) is 81.3 cm³/mol. The smallest absolute Gasteiger partial charge is 0.314 e. The number of aryl methyl sites for hydroxylation is 3. The molecule has 0 N–H and O–H groups in total. The molecule has 0 fully saturated rings. The first kappa shape index (κ1) is 14.3. The number of carbonyl (C=O) groups is 1. The van der Waals surface area contributed by atoms with E-state index in [0.29, 0.717) is 23.5 Å². The summed E-state index contributed by atoms with van der Waals surface area (Å²) in [5, 5.41) is 0. The lowest BCUT2D eigenvalue weighted by molar-refractivity contribution is -0.117. The van der Waals surface area contributed by atoms with Gasteiger partial charge < -0.3 is 4.57 Å². The van der Waals surface area contributed by atoms with Gasteiger partial charge in [-0.15, -0.1) is 0 Å². The summed E-state index contributed by atoms with van der Waals surface area (Å²) in [6.45, 7) is 5.74. The zero-order chi connectivity index (χ0) is 16.2. The second-order valence-electron chi connectivity index (χ2n) is 5.40. The molecule has 0 atom stereocenters. The van der Waals surface area contributed by atoms with Crippen molar-refractivity contribution in [3.63, 3.8) is 0 Å². The summed E-state index contributed by atoms with van der Waals surface area (Å²) in [5.41, 5.74) is 0.584. The van der Waals surface area contributed by atoms with Gasteiger partial charge in [-0.05, 0) is 20.8 Å². The van der Waals surface area contributed by atoms with Gasteiger partial charge in [-0.1, -0.05) is 0 Å². The molecule has 0 aliphatic carbocycles. The molecule has 0 unspecified atom stereocenters. The second-order valence-corrected chi connectivity index (χ2v) is 5.40. The van der Waals surface area contributed by atoms with Crippen molar-refractivity contribution >= 4 is 22.7 Å². The molecule has 0 aliphatic heterocycles. The van der Waals surface area contributed by atoms with Gasteiger partial charge in [0.05, 0.1) is 6.54 Å². The number of carbonyl (C=O) groups excluding carboxylic acids is 1. The Kier molecular flexibility index (Phi) is 3.05. The number of hydrogen-bond donors (Lipinski definition) is 0. The third-order valence-electron chi connectivity index (χ3n) is 3.84. The molecule has 8 nitrogen and oxygen atoms in total. The van der Waals surface area contributed by atoms with Crippen LogP contribution in [0, 0.1) is 6.92 Å². The third-order valence-corrected chi connectivity index (χ3v) is 3.84. The number of fused-ring (bicyclic) bond motifs is 3. The SMILES string of the molecule is CCn1c(C)cn2c3c(=O)n(CC(C)=O)c(=O)n(C)c3nc12. The fourth-order valence-corrected chi connectivity index (χ4v) is 2.81. The minimum Gasteiger partial charge on any atom is -0.314 e. The summed E-state index contributed by atoms with van der Waals surface area (Å²) in [5.74, 6) is 0.365. The van der Waals surface area contributed by atoms with Crippen LogP contribution < -0.4 is 11.2 Å². The molecule has 0 aromatic carbocycles. The molecule has 3 aromatic rings. The highest BCUT2D eigenvalue weighted by Crippen LogP contribution is 2.15. The van der Waals surface area contributed by atoms with E-state index in [1.54, 1.807) is 11.4 Å². The first-order chi connectivity index (χ1) is 10.4.